The molecular weight excluding hydrogens is 380 g/mol. The number of pyridine rings is 1. The molecule has 0 bridgehead atoms. The number of likely N-dealkylation sites (tertiary alicyclic amines) is 1. The van der Waals surface area contributed by atoms with E-state index in [-0.39, 0.29) is 11.6 Å². The highest BCUT2D eigenvalue weighted by Crippen LogP contribution is 2.23. The Morgan fingerprint density at radius 1 is 1.23 bits per heavy atom. The molecule has 1 fully saturated rings. The number of anilines is 1. The number of amides is 1. The summed E-state index contributed by atoms with van der Waals surface area (Å²) in [5.74, 6) is 0.211. The lowest BCUT2D eigenvalue weighted by Gasteiger charge is -2.19. The number of aromatic amines is 2. The molecule has 1 amide bonds. The third-order valence-corrected chi connectivity index (χ3v) is 6.03. The van der Waals surface area contributed by atoms with Gasteiger partial charge in [0.25, 0.3) is 5.91 Å². The van der Waals surface area contributed by atoms with E-state index < -0.39 is 0 Å². The molecule has 1 aliphatic rings. The first-order valence-corrected chi connectivity index (χ1v) is 10.2. The highest BCUT2D eigenvalue weighted by Gasteiger charge is 2.20. The van der Waals surface area contributed by atoms with Crippen molar-refractivity contribution < 1.29 is 4.79 Å². The lowest BCUT2D eigenvalue weighted by molar-refractivity contribution is 0.102. The normalized spacial score (nSPS) is 17.2. The zero-order valence-electron chi connectivity index (χ0n) is 17.0. The number of nitrogens with one attached hydrogen (secondary N) is 3. The number of carbonyl (C=O) groups excluding carboxylic acids is 1. The summed E-state index contributed by atoms with van der Waals surface area (Å²) in [5, 5.41) is 3.87. The van der Waals surface area contributed by atoms with Crippen LogP contribution < -0.4 is 11.0 Å². The van der Waals surface area contributed by atoms with Crippen molar-refractivity contribution in [1.82, 2.24) is 24.4 Å². The molecule has 3 N–H and O–H groups in total. The summed E-state index contributed by atoms with van der Waals surface area (Å²) in [6, 6.07) is 9.73. The molecule has 0 saturated carbocycles. The Balaban J connectivity index is 1.35. The summed E-state index contributed by atoms with van der Waals surface area (Å²) in [5.41, 5.74) is 3.74. The van der Waals surface area contributed by atoms with Gasteiger partial charge in [-0.1, -0.05) is 0 Å². The van der Waals surface area contributed by atoms with Gasteiger partial charge in [-0.05, 0) is 50.6 Å². The van der Waals surface area contributed by atoms with Crippen molar-refractivity contribution >= 4 is 33.7 Å². The fraction of sp³-hybridized carbons (Fsp3) is 0.318. The van der Waals surface area contributed by atoms with Gasteiger partial charge in [-0.15, -0.1) is 0 Å². The fourth-order valence-electron chi connectivity index (χ4n) is 4.25. The van der Waals surface area contributed by atoms with Gasteiger partial charge in [0.2, 0.25) is 0 Å². The molecule has 0 spiro atoms. The number of hydrogen-bond donors (Lipinski definition) is 3. The zero-order chi connectivity index (χ0) is 20.8. The minimum Gasteiger partial charge on any atom is -0.357 e. The number of nitrogens with zero attached hydrogens (tertiary/aromatic N) is 3. The molecule has 1 saturated heterocycles. The van der Waals surface area contributed by atoms with Gasteiger partial charge < -0.3 is 15.3 Å². The maximum absolute atomic E-state index is 12.7. The predicted molar refractivity (Wildman–Crippen MR) is 117 cm³/mol. The smallest absolute Gasteiger partial charge is 0.326 e. The van der Waals surface area contributed by atoms with Gasteiger partial charge in [-0.2, -0.15) is 0 Å². The van der Waals surface area contributed by atoms with Gasteiger partial charge >= 0.3 is 5.69 Å². The maximum Gasteiger partial charge on any atom is 0.326 e. The van der Waals surface area contributed by atoms with Crippen LogP contribution in [0.5, 0.6) is 0 Å². The number of hydrogen-bond acceptors (Lipinski definition) is 4. The minimum atomic E-state index is -0.272. The quantitative estimate of drug-likeness (QED) is 0.487. The average Bonchev–Trinajstić information content (AvgIpc) is 3.39. The largest absolute Gasteiger partial charge is 0.357 e. The molecule has 4 heterocycles. The summed E-state index contributed by atoms with van der Waals surface area (Å²) in [7, 11) is 1.69. The monoisotopic (exact) mass is 404 g/mol. The van der Waals surface area contributed by atoms with E-state index in [1.807, 2.05) is 6.07 Å². The first-order valence-electron chi connectivity index (χ1n) is 10.2. The molecule has 1 aromatic carbocycles. The summed E-state index contributed by atoms with van der Waals surface area (Å²) >= 11 is 0. The number of H-pyrrole nitrogens is 2. The molecular formula is C22H24N6O2. The van der Waals surface area contributed by atoms with Gasteiger partial charge in [-0.3, -0.25) is 14.3 Å². The Labute approximate surface area is 172 Å². The van der Waals surface area contributed by atoms with Gasteiger partial charge in [-0.25, -0.2) is 9.78 Å². The number of aryl methyl sites for hydroxylation is 1. The second kappa shape index (κ2) is 7.14. The fourth-order valence-corrected chi connectivity index (χ4v) is 4.25. The van der Waals surface area contributed by atoms with Crippen molar-refractivity contribution in [2.75, 3.05) is 11.9 Å². The number of carbonyl (C=O) groups is 1. The molecule has 154 valence electrons. The van der Waals surface area contributed by atoms with Crippen molar-refractivity contribution in [1.29, 1.82) is 0 Å². The number of rotatable bonds is 4. The Kier molecular flexibility index (Phi) is 4.43. The highest BCUT2D eigenvalue weighted by molar-refractivity contribution is 6.06. The lowest BCUT2D eigenvalue weighted by atomic mass is 10.2. The molecule has 5 rings (SSSR count). The van der Waals surface area contributed by atoms with Crippen LogP contribution in [0.3, 0.4) is 0 Å². The Hall–Kier alpha value is -3.39. The van der Waals surface area contributed by atoms with E-state index >= 15 is 0 Å². The maximum atomic E-state index is 12.7. The van der Waals surface area contributed by atoms with Crippen molar-refractivity contribution in [3.63, 3.8) is 0 Å². The van der Waals surface area contributed by atoms with Crippen LogP contribution in [0.1, 0.15) is 35.8 Å². The van der Waals surface area contributed by atoms with Crippen molar-refractivity contribution in [2.45, 2.75) is 32.4 Å². The zero-order valence-corrected chi connectivity index (χ0v) is 17.0. The molecule has 8 nitrogen and oxygen atoms in total. The van der Waals surface area contributed by atoms with E-state index in [4.69, 9.17) is 0 Å². The van der Waals surface area contributed by atoms with Gasteiger partial charge in [0.05, 0.1) is 16.6 Å². The molecule has 4 aromatic rings. The summed E-state index contributed by atoms with van der Waals surface area (Å²) in [4.78, 5) is 37.5. The van der Waals surface area contributed by atoms with E-state index in [9.17, 15) is 9.59 Å². The summed E-state index contributed by atoms with van der Waals surface area (Å²) < 4.78 is 1.51. The van der Waals surface area contributed by atoms with Crippen molar-refractivity contribution in [3.05, 3.63) is 58.3 Å². The Morgan fingerprint density at radius 2 is 2.10 bits per heavy atom. The van der Waals surface area contributed by atoms with E-state index in [1.54, 1.807) is 31.4 Å². The van der Waals surface area contributed by atoms with Crippen LogP contribution in [0, 0.1) is 0 Å². The predicted octanol–water partition coefficient (Wildman–Crippen LogP) is 2.98. The average molecular weight is 404 g/mol. The number of imidazole rings is 1. The molecule has 8 heteroatoms. The van der Waals surface area contributed by atoms with E-state index in [2.05, 4.69) is 38.2 Å². The van der Waals surface area contributed by atoms with Crippen LogP contribution in [-0.2, 0) is 13.6 Å². The third kappa shape index (κ3) is 3.29. The summed E-state index contributed by atoms with van der Waals surface area (Å²) in [6.07, 6.45) is 4.28. The number of fused-ring (bicyclic) bond motifs is 2. The van der Waals surface area contributed by atoms with Crippen LogP contribution in [0.15, 0.2) is 41.3 Å². The van der Waals surface area contributed by atoms with Crippen LogP contribution in [-0.4, -0.2) is 42.9 Å². The Bertz CT molecular complexity index is 1310. The van der Waals surface area contributed by atoms with E-state index in [0.717, 1.165) is 35.2 Å². The Morgan fingerprint density at radius 3 is 2.90 bits per heavy atom. The standard InChI is InChI=1S/C22H24N6O2/c1-13-4-3-7-28(13)12-16-8-15-11-23-20(10-17(15)24-16)26-21(29)14-5-6-19-18(9-14)25-22(30)27(19)2/h5-6,8-11,13,24H,3-4,7,12H2,1-2H3,(H,25,30)(H,23,26,29)/t13-/m0/s1. The minimum absolute atomic E-state index is 0.208. The van der Waals surface area contributed by atoms with E-state index in [1.165, 1.54) is 17.4 Å². The number of benzene rings is 1. The SMILES string of the molecule is C[C@H]1CCCN1Cc1cc2cnc(NC(=O)c3ccc4c(c3)[nH]c(=O)n4C)cc2[nH]1. The van der Waals surface area contributed by atoms with Crippen LogP contribution in [0.2, 0.25) is 0 Å². The van der Waals surface area contributed by atoms with Crippen LogP contribution >= 0.6 is 0 Å². The first-order chi connectivity index (χ1) is 14.5. The second-order valence-corrected chi connectivity index (χ2v) is 8.09. The van der Waals surface area contributed by atoms with Crippen molar-refractivity contribution in [2.24, 2.45) is 7.05 Å². The molecule has 3 aromatic heterocycles. The topological polar surface area (TPSA) is 98.8 Å². The van der Waals surface area contributed by atoms with E-state index in [0.29, 0.717) is 22.9 Å². The van der Waals surface area contributed by atoms with Crippen molar-refractivity contribution in [3.8, 4) is 0 Å². The molecule has 0 radical (unpaired) electrons. The first kappa shape index (κ1) is 18.6. The second-order valence-electron chi connectivity index (χ2n) is 8.09. The molecule has 0 aliphatic carbocycles. The number of aromatic nitrogens is 4. The van der Waals surface area contributed by atoms with Crippen LogP contribution in [0.25, 0.3) is 21.9 Å². The molecule has 30 heavy (non-hydrogen) atoms. The lowest BCUT2D eigenvalue weighted by Crippen LogP contribution is -2.26. The van der Waals surface area contributed by atoms with Crippen LogP contribution in [0.4, 0.5) is 5.82 Å². The van der Waals surface area contributed by atoms with Gasteiger partial charge in [0.1, 0.15) is 5.82 Å². The molecule has 1 aliphatic heterocycles. The van der Waals surface area contributed by atoms with Gasteiger partial charge in [0.15, 0.2) is 0 Å². The summed E-state index contributed by atoms with van der Waals surface area (Å²) in [6.45, 7) is 4.30. The van der Waals surface area contributed by atoms with Gasteiger partial charge in [0, 0.05) is 48.5 Å². The molecule has 0 unspecified atom stereocenters. The molecule has 1 atom stereocenters. The highest BCUT2D eigenvalue weighted by atomic mass is 16.2. The third-order valence-electron chi connectivity index (χ3n) is 6.03.